The molecule has 5 nitrogen and oxygen atoms in total. The number of rotatable bonds is 3. The molecule has 0 bridgehead atoms. The fourth-order valence-electron chi connectivity index (χ4n) is 2.39. The third kappa shape index (κ3) is 3.22. The van der Waals surface area contributed by atoms with E-state index in [1.54, 1.807) is 12.4 Å². The molecular formula is C14H20N4O. The van der Waals surface area contributed by atoms with Gasteiger partial charge in [0.15, 0.2) is 0 Å². The van der Waals surface area contributed by atoms with Crippen LogP contribution >= 0.6 is 0 Å². The van der Waals surface area contributed by atoms with Crippen molar-refractivity contribution in [3.8, 4) is 0 Å². The zero-order valence-electron chi connectivity index (χ0n) is 11.1. The molecule has 1 saturated heterocycles. The largest absolute Gasteiger partial charge is 0.366 e. The van der Waals surface area contributed by atoms with Crippen molar-refractivity contribution in [1.29, 1.82) is 0 Å². The van der Waals surface area contributed by atoms with Gasteiger partial charge in [-0.2, -0.15) is 0 Å². The lowest BCUT2D eigenvalue weighted by atomic mass is 10.2. The van der Waals surface area contributed by atoms with Crippen LogP contribution < -0.4 is 5.32 Å². The number of amides is 1. The van der Waals surface area contributed by atoms with Crippen molar-refractivity contribution in [1.82, 2.24) is 14.9 Å². The fraction of sp³-hybridized carbons (Fsp3) is 0.643. The number of hydrogen-bond acceptors (Lipinski definition) is 4. The average Bonchev–Trinajstić information content (AvgIpc) is 3.25. The molecule has 2 heterocycles. The maximum Gasteiger partial charge on any atom is 0.274 e. The molecule has 0 spiro atoms. The van der Waals surface area contributed by atoms with Gasteiger partial charge in [-0.1, -0.05) is 12.8 Å². The highest BCUT2D eigenvalue weighted by Crippen LogP contribution is 2.23. The Hall–Kier alpha value is -1.65. The minimum atomic E-state index is 0.0207. The number of nitrogens with one attached hydrogen (secondary N) is 1. The smallest absolute Gasteiger partial charge is 0.274 e. The van der Waals surface area contributed by atoms with Crippen LogP contribution in [-0.4, -0.2) is 39.9 Å². The van der Waals surface area contributed by atoms with Crippen molar-refractivity contribution in [2.75, 3.05) is 18.4 Å². The van der Waals surface area contributed by atoms with E-state index in [1.807, 2.05) is 4.90 Å². The van der Waals surface area contributed by atoms with E-state index in [-0.39, 0.29) is 5.91 Å². The van der Waals surface area contributed by atoms with Crippen molar-refractivity contribution < 1.29 is 4.79 Å². The number of hydrogen-bond donors (Lipinski definition) is 1. The molecule has 1 aliphatic carbocycles. The van der Waals surface area contributed by atoms with Gasteiger partial charge in [0.25, 0.3) is 5.91 Å². The molecular weight excluding hydrogens is 240 g/mol. The Morgan fingerprint density at radius 1 is 1.11 bits per heavy atom. The summed E-state index contributed by atoms with van der Waals surface area (Å²) in [6.07, 6.45) is 10.3. The number of likely N-dealkylation sites (tertiary alicyclic amines) is 1. The van der Waals surface area contributed by atoms with Crippen LogP contribution in [0.3, 0.4) is 0 Å². The summed E-state index contributed by atoms with van der Waals surface area (Å²) in [5.41, 5.74) is 0.461. The Balaban J connectivity index is 1.64. The molecule has 1 aromatic rings. The maximum atomic E-state index is 12.3. The zero-order valence-corrected chi connectivity index (χ0v) is 11.1. The predicted octanol–water partition coefficient (Wildman–Crippen LogP) is 2.07. The van der Waals surface area contributed by atoms with Crippen LogP contribution in [0.4, 0.5) is 5.82 Å². The van der Waals surface area contributed by atoms with E-state index in [1.165, 1.54) is 25.7 Å². The first-order valence-electron chi connectivity index (χ1n) is 7.21. The summed E-state index contributed by atoms with van der Waals surface area (Å²) in [6.45, 7) is 1.70. The Bertz CT molecular complexity index is 433. The number of nitrogens with zero attached hydrogens (tertiary/aromatic N) is 3. The third-order valence-electron chi connectivity index (χ3n) is 3.69. The second kappa shape index (κ2) is 5.55. The van der Waals surface area contributed by atoms with Crippen molar-refractivity contribution in [3.63, 3.8) is 0 Å². The Labute approximate surface area is 113 Å². The van der Waals surface area contributed by atoms with Gasteiger partial charge in [-0.3, -0.25) is 4.79 Å². The monoisotopic (exact) mass is 260 g/mol. The fourth-order valence-corrected chi connectivity index (χ4v) is 2.39. The average molecular weight is 260 g/mol. The van der Waals surface area contributed by atoms with Crippen molar-refractivity contribution >= 4 is 11.7 Å². The zero-order chi connectivity index (χ0) is 13.1. The van der Waals surface area contributed by atoms with Gasteiger partial charge in [-0.05, 0) is 25.7 Å². The van der Waals surface area contributed by atoms with Gasteiger partial charge in [0.1, 0.15) is 11.5 Å². The van der Waals surface area contributed by atoms with Gasteiger partial charge in [0.05, 0.1) is 12.4 Å². The molecule has 1 saturated carbocycles. The molecule has 2 fully saturated rings. The van der Waals surface area contributed by atoms with E-state index in [9.17, 15) is 4.79 Å². The van der Waals surface area contributed by atoms with Crippen LogP contribution in [0.1, 0.15) is 49.0 Å². The molecule has 1 N–H and O–H groups in total. The molecule has 0 unspecified atom stereocenters. The van der Waals surface area contributed by atoms with Crippen molar-refractivity contribution in [2.24, 2.45) is 0 Å². The summed E-state index contributed by atoms with van der Waals surface area (Å²) in [5.74, 6) is 0.794. The van der Waals surface area contributed by atoms with Crippen LogP contribution in [-0.2, 0) is 0 Å². The predicted molar refractivity (Wildman–Crippen MR) is 73.0 cm³/mol. The highest BCUT2D eigenvalue weighted by atomic mass is 16.2. The van der Waals surface area contributed by atoms with Gasteiger partial charge >= 0.3 is 0 Å². The molecule has 1 amide bonds. The Kier molecular flexibility index (Phi) is 3.62. The molecule has 0 aromatic carbocycles. The number of carbonyl (C=O) groups is 1. The van der Waals surface area contributed by atoms with Gasteiger partial charge in [-0.15, -0.1) is 0 Å². The number of anilines is 1. The molecule has 0 atom stereocenters. The van der Waals surface area contributed by atoms with Crippen LogP contribution in [0.2, 0.25) is 0 Å². The second-order valence-corrected chi connectivity index (χ2v) is 5.41. The summed E-state index contributed by atoms with van der Waals surface area (Å²) in [5, 5.41) is 3.27. The number of aromatic nitrogens is 2. The molecule has 19 heavy (non-hydrogen) atoms. The molecule has 0 radical (unpaired) electrons. The highest BCUT2D eigenvalue weighted by molar-refractivity contribution is 5.92. The molecule has 2 aliphatic rings. The van der Waals surface area contributed by atoms with Gasteiger partial charge < -0.3 is 10.2 Å². The Morgan fingerprint density at radius 3 is 2.42 bits per heavy atom. The number of carbonyl (C=O) groups excluding carboxylic acids is 1. The summed E-state index contributed by atoms with van der Waals surface area (Å²) in [4.78, 5) is 22.7. The lowest BCUT2D eigenvalue weighted by Crippen LogP contribution is -2.32. The lowest BCUT2D eigenvalue weighted by molar-refractivity contribution is 0.0755. The summed E-state index contributed by atoms with van der Waals surface area (Å²) in [7, 11) is 0. The van der Waals surface area contributed by atoms with Crippen molar-refractivity contribution in [2.45, 2.75) is 44.6 Å². The molecule has 3 rings (SSSR count). The van der Waals surface area contributed by atoms with E-state index < -0.39 is 0 Å². The molecule has 102 valence electrons. The highest BCUT2D eigenvalue weighted by Gasteiger charge is 2.22. The quantitative estimate of drug-likeness (QED) is 0.904. The van der Waals surface area contributed by atoms with Crippen LogP contribution in [0, 0.1) is 0 Å². The van der Waals surface area contributed by atoms with E-state index in [0.29, 0.717) is 11.7 Å². The maximum absolute atomic E-state index is 12.3. The molecule has 1 aromatic heterocycles. The van der Waals surface area contributed by atoms with Crippen molar-refractivity contribution in [3.05, 3.63) is 18.1 Å². The van der Waals surface area contributed by atoms with E-state index in [0.717, 1.165) is 31.7 Å². The van der Waals surface area contributed by atoms with Gasteiger partial charge in [-0.25, -0.2) is 9.97 Å². The minimum Gasteiger partial charge on any atom is -0.366 e. The first kappa shape index (κ1) is 12.4. The minimum absolute atomic E-state index is 0.0207. The molecule has 1 aliphatic heterocycles. The summed E-state index contributed by atoms with van der Waals surface area (Å²) >= 11 is 0. The van der Waals surface area contributed by atoms with E-state index in [2.05, 4.69) is 15.3 Å². The molecule has 5 heteroatoms. The lowest BCUT2D eigenvalue weighted by Gasteiger charge is -2.19. The summed E-state index contributed by atoms with van der Waals surface area (Å²) in [6, 6.07) is 0.557. The Morgan fingerprint density at radius 2 is 1.84 bits per heavy atom. The van der Waals surface area contributed by atoms with Crippen LogP contribution in [0.5, 0.6) is 0 Å². The normalized spacial score (nSPS) is 19.9. The van der Waals surface area contributed by atoms with E-state index >= 15 is 0 Å². The SMILES string of the molecule is O=C(c1cnc(NC2CC2)cn1)N1CCCCCC1. The first-order chi connectivity index (χ1) is 9.33. The summed E-state index contributed by atoms with van der Waals surface area (Å²) < 4.78 is 0. The van der Waals surface area contributed by atoms with Crippen LogP contribution in [0.15, 0.2) is 12.4 Å². The van der Waals surface area contributed by atoms with Gasteiger partial charge in [0.2, 0.25) is 0 Å². The topological polar surface area (TPSA) is 58.1 Å². The van der Waals surface area contributed by atoms with Crippen LogP contribution in [0.25, 0.3) is 0 Å². The third-order valence-corrected chi connectivity index (χ3v) is 3.69. The van der Waals surface area contributed by atoms with E-state index in [4.69, 9.17) is 0 Å². The van der Waals surface area contributed by atoms with Gasteiger partial charge in [0, 0.05) is 19.1 Å². The first-order valence-corrected chi connectivity index (χ1v) is 7.21. The standard InChI is InChI=1S/C14H20N4O/c19-14(18-7-3-1-2-4-8-18)12-9-16-13(10-15-12)17-11-5-6-11/h9-11H,1-8H2,(H,16,17). The second-order valence-electron chi connectivity index (χ2n) is 5.41.